The van der Waals surface area contributed by atoms with Crippen LogP contribution in [0.2, 0.25) is 0 Å². The molecule has 1 aromatic carbocycles. The molecule has 0 unspecified atom stereocenters. The summed E-state index contributed by atoms with van der Waals surface area (Å²) in [6, 6.07) is 3.94. The zero-order valence-corrected chi connectivity index (χ0v) is 11.3. The van der Waals surface area contributed by atoms with Gasteiger partial charge in [-0.15, -0.1) is 0 Å². The van der Waals surface area contributed by atoms with E-state index in [9.17, 15) is 0 Å². The van der Waals surface area contributed by atoms with E-state index in [4.69, 9.17) is 15.2 Å². The van der Waals surface area contributed by atoms with Gasteiger partial charge >= 0.3 is 0 Å². The molecule has 3 N–H and O–H groups in total. The summed E-state index contributed by atoms with van der Waals surface area (Å²) in [7, 11) is 3.28. The number of nitrogens with one attached hydrogen (secondary N) is 1. The number of methoxy groups -OCH3 is 2. The van der Waals surface area contributed by atoms with Crippen molar-refractivity contribution in [3.63, 3.8) is 0 Å². The molecule has 1 heterocycles. The monoisotopic (exact) mass is 248 g/mol. The van der Waals surface area contributed by atoms with Crippen molar-refractivity contribution in [3.05, 3.63) is 23.9 Å². The fraction of sp³-hybridized carbons (Fsp3) is 0.429. The predicted molar refractivity (Wildman–Crippen MR) is 73.4 cm³/mol. The Kier molecular flexibility index (Phi) is 3.22. The zero-order chi connectivity index (χ0) is 13.3. The molecule has 0 saturated heterocycles. The maximum absolute atomic E-state index is 6.07. The predicted octanol–water partition coefficient (Wildman–Crippen LogP) is 2.46. The molecule has 0 aliphatic carbocycles. The number of rotatable bonds is 4. The molecule has 0 atom stereocenters. The molecule has 18 heavy (non-hydrogen) atoms. The van der Waals surface area contributed by atoms with Gasteiger partial charge in [0.1, 0.15) is 0 Å². The first-order valence-corrected chi connectivity index (χ1v) is 5.95. The van der Waals surface area contributed by atoms with Crippen LogP contribution in [0, 0.1) is 0 Å². The Morgan fingerprint density at radius 1 is 1.17 bits per heavy atom. The first-order chi connectivity index (χ1) is 8.44. The maximum Gasteiger partial charge on any atom is 0.162 e. The molecule has 0 spiro atoms. The first-order valence-electron chi connectivity index (χ1n) is 5.95. The van der Waals surface area contributed by atoms with E-state index in [1.54, 1.807) is 14.2 Å². The Hall–Kier alpha value is -1.68. The number of benzene rings is 1. The molecule has 0 saturated carbocycles. The lowest BCUT2D eigenvalue weighted by atomic mass is 9.96. The van der Waals surface area contributed by atoms with E-state index in [-0.39, 0.29) is 5.54 Å². The summed E-state index contributed by atoms with van der Waals surface area (Å²) >= 11 is 0. The SMILES string of the molecule is COc1cc2[nH]cc(CC(C)(C)N)c2cc1OC. The van der Waals surface area contributed by atoms with Crippen molar-refractivity contribution in [2.45, 2.75) is 25.8 Å². The van der Waals surface area contributed by atoms with Crippen molar-refractivity contribution in [2.24, 2.45) is 5.73 Å². The fourth-order valence-electron chi connectivity index (χ4n) is 2.14. The van der Waals surface area contributed by atoms with Crippen molar-refractivity contribution >= 4 is 10.9 Å². The Labute approximate surface area is 107 Å². The highest BCUT2D eigenvalue weighted by atomic mass is 16.5. The van der Waals surface area contributed by atoms with Gasteiger partial charge in [-0.25, -0.2) is 0 Å². The van der Waals surface area contributed by atoms with Crippen LogP contribution in [0.3, 0.4) is 0 Å². The molecule has 2 rings (SSSR count). The minimum atomic E-state index is -0.234. The topological polar surface area (TPSA) is 60.3 Å². The number of nitrogens with two attached hydrogens (primary N) is 1. The van der Waals surface area contributed by atoms with Gasteiger partial charge in [-0.1, -0.05) is 0 Å². The van der Waals surface area contributed by atoms with E-state index in [1.165, 1.54) is 5.56 Å². The molecule has 0 radical (unpaired) electrons. The van der Waals surface area contributed by atoms with Crippen molar-refractivity contribution in [1.82, 2.24) is 4.98 Å². The smallest absolute Gasteiger partial charge is 0.162 e. The van der Waals surface area contributed by atoms with Crippen LogP contribution < -0.4 is 15.2 Å². The summed E-state index contributed by atoms with van der Waals surface area (Å²) < 4.78 is 10.6. The first kappa shape index (κ1) is 12.8. The maximum atomic E-state index is 6.07. The van der Waals surface area contributed by atoms with Gasteiger partial charge in [0.15, 0.2) is 11.5 Å². The number of H-pyrrole nitrogens is 1. The van der Waals surface area contributed by atoms with E-state index in [0.717, 1.165) is 28.8 Å². The van der Waals surface area contributed by atoms with E-state index < -0.39 is 0 Å². The second kappa shape index (κ2) is 4.53. The average Bonchev–Trinajstić information content (AvgIpc) is 2.67. The second-order valence-corrected chi connectivity index (χ2v) is 5.23. The number of fused-ring (bicyclic) bond motifs is 1. The van der Waals surface area contributed by atoms with Crippen LogP contribution >= 0.6 is 0 Å². The van der Waals surface area contributed by atoms with E-state index >= 15 is 0 Å². The van der Waals surface area contributed by atoms with E-state index in [2.05, 4.69) is 4.98 Å². The van der Waals surface area contributed by atoms with Crippen LogP contribution in [0.5, 0.6) is 11.5 Å². The standard InChI is InChI=1S/C14H20N2O2/c1-14(2,15)7-9-8-16-11-6-13(18-4)12(17-3)5-10(9)11/h5-6,8,16H,7,15H2,1-4H3. The number of hydrogen-bond donors (Lipinski definition) is 2. The summed E-state index contributed by atoms with van der Waals surface area (Å²) in [5.74, 6) is 1.46. The Balaban J connectivity index is 2.52. The van der Waals surface area contributed by atoms with Gasteiger partial charge in [-0.05, 0) is 31.9 Å². The molecule has 0 fully saturated rings. The van der Waals surface area contributed by atoms with E-state index in [1.807, 2.05) is 32.2 Å². The minimum Gasteiger partial charge on any atom is -0.493 e. The number of aromatic nitrogens is 1. The highest BCUT2D eigenvalue weighted by Gasteiger charge is 2.16. The van der Waals surface area contributed by atoms with Gasteiger partial charge in [0.2, 0.25) is 0 Å². The van der Waals surface area contributed by atoms with E-state index in [0.29, 0.717) is 0 Å². The zero-order valence-electron chi connectivity index (χ0n) is 11.3. The number of hydrogen-bond acceptors (Lipinski definition) is 3. The molecule has 1 aromatic heterocycles. The highest BCUT2D eigenvalue weighted by molar-refractivity contribution is 5.86. The lowest BCUT2D eigenvalue weighted by Gasteiger charge is -2.17. The van der Waals surface area contributed by atoms with Gasteiger partial charge in [0.05, 0.1) is 14.2 Å². The van der Waals surface area contributed by atoms with Crippen LogP contribution in [0.25, 0.3) is 10.9 Å². The van der Waals surface area contributed by atoms with Gasteiger partial charge in [-0.3, -0.25) is 0 Å². The van der Waals surface area contributed by atoms with Crippen LogP contribution in [0.4, 0.5) is 0 Å². The van der Waals surface area contributed by atoms with Crippen LogP contribution in [-0.4, -0.2) is 24.7 Å². The Morgan fingerprint density at radius 3 is 2.33 bits per heavy atom. The van der Waals surface area contributed by atoms with Crippen molar-refractivity contribution in [2.75, 3.05) is 14.2 Å². The molecule has 0 amide bonds. The Morgan fingerprint density at radius 2 is 1.78 bits per heavy atom. The van der Waals surface area contributed by atoms with Gasteiger partial charge in [0.25, 0.3) is 0 Å². The summed E-state index contributed by atoms with van der Waals surface area (Å²) in [6.07, 6.45) is 2.81. The molecule has 0 aliphatic heterocycles. The molecular formula is C14H20N2O2. The van der Waals surface area contributed by atoms with Crippen LogP contribution in [0.15, 0.2) is 18.3 Å². The minimum absolute atomic E-state index is 0.234. The van der Waals surface area contributed by atoms with Crippen molar-refractivity contribution < 1.29 is 9.47 Å². The normalized spacial score (nSPS) is 11.8. The summed E-state index contributed by atoms with van der Waals surface area (Å²) in [5, 5.41) is 1.13. The van der Waals surface area contributed by atoms with Gasteiger partial charge in [0, 0.05) is 28.7 Å². The molecule has 0 bridgehead atoms. The Bertz CT molecular complexity index is 553. The molecule has 4 nitrogen and oxygen atoms in total. The van der Waals surface area contributed by atoms with Crippen LogP contribution in [0.1, 0.15) is 19.4 Å². The van der Waals surface area contributed by atoms with Gasteiger partial charge in [-0.2, -0.15) is 0 Å². The summed E-state index contributed by atoms with van der Waals surface area (Å²) in [4.78, 5) is 3.25. The highest BCUT2D eigenvalue weighted by Crippen LogP contribution is 2.34. The van der Waals surface area contributed by atoms with Crippen molar-refractivity contribution in [1.29, 1.82) is 0 Å². The fourth-order valence-corrected chi connectivity index (χ4v) is 2.14. The molecular weight excluding hydrogens is 228 g/mol. The third-order valence-electron chi connectivity index (χ3n) is 2.92. The lowest BCUT2D eigenvalue weighted by Crippen LogP contribution is -2.34. The largest absolute Gasteiger partial charge is 0.493 e. The quantitative estimate of drug-likeness (QED) is 0.873. The van der Waals surface area contributed by atoms with Crippen LogP contribution in [-0.2, 0) is 6.42 Å². The molecule has 0 aliphatic rings. The average molecular weight is 248 g/mol. The lowest BCUT2D eigenvalue weighted by molar-refractivity contribution is 0.356. The molecule has 2 aromatic rings. The molecule has 4 heteroatoms. The number of ether oxygens (including phenoxy) is 2. The van der Waals surface area contributed by atoms with Crippen molar-refractivity contribution in [3.8, 4) is 11.5 Å². The second-order valence-electron chi connectivity index (χ2n) is 5.23. The third-order valence-corrected chi connectivity index (χ3v) is 2.92. The summed E-state index contributed by atoms with van der Waals surface area (Å²) in [6.45, 7) is 4.04. The van der Waals surface area contributed by atoms with Gasteiger partial charge < -0.3 is 20.2 Å². The molecule has 98 valence electrons. The number of aromatic amines is 1. The third kappa shape index (κ3) is 2.43. The summed E-state index contributed by atoms with van der Waals surface area (Å²) in [5.41, 5.74) is 8.07.